The number of piperidine rings is 1. The molecule has 0 aromatic heterocycles. The lowest BCUT2D eigenvalue weighted by Crippen LogP contribution is -2.49. The van der Waals surface area contributed by atoms with E-state index < -0.39 is 18.4 Å². The fraction of sp³-hybridized carbons (Fsp3) is 0.643. The number of amides is 2. The van der Waals surface area contributed by atoms with Crippen molar-refractivity contribution in [1.82, 2.24) is 15.5 Å². The fourth-order valence-corrected chi connectivity index (χ4v) is 6.65. The summed E-state index contributed by atoms with van der Waals surface area (Å²) in [5, 5.41) is 6.64. The topological polar surface area (TPSA) is 61.4 Å². The maximum absolute atomic E-state index is 13.0. The van der Waals surface area contributed by atoms with Gasteiger partial charge >= 0.3 is 0 Å². The van der Waals surface area contributed by atoms with Crippen molar-refractivity contribution in [3.8, 4) is 0 Å². The van der Waals surface area contributed by atoms with Crippen LogP contribution < -0.4 is 10.6 Å². The van der Waals surface area contributed by atoms with Gasteiger partial charge in [0.2, 0.25) is 12.3 Å². The lowest BCUT2D eigenvalue weighted by Gasteiger charge is -2.38. The van der Waals surface area contributed by atoms with Gasteiger partial charge in [-0.15, -0.1) is 0 Å². The number of hydrogen-bond acceptors (Lipinski definition) is 3. The van der Waals surface area contributed by atoms with E-state index in [1.165, 1.54) is 18.4 Å². The van der Waals surface area contributed by atoms with Gasteiger partial charge < -0.3 is 15.5 Å². The van der Waals surface area contributed by atoms with Crippen LogP contribution in [0.15, 0.2) is 30.5 Å². The van der Waals surface area contributed by atoms with E-state index in [2.05, 4.69) is 29.3 Å². The molecule has 2 aliphatic heterocycles. The van der Waals surface area contributed by atoms with Crippen LogP contribution in [0.5, 0.6) is 0 Å². The number of fused-ring (bicyclic) bond motifs is 1. The van der Waals surface area contributed by atoms with Crippen molar-refractivity contribution >= 4 is 11.8 Å². The smallest absolute Gasteiger partial charge is 0.255 e. The number of halogens is 2. The first-order valence-corrected chi connectivity index (χ1v) is 13.3. The van der Waals surface area contributed by atoms with Crippen LogP contribution in [0.25, 0.3) is 0 Å². The van der Waals surface area contributed by atoms with E-state index in [0.29, 0.717) is 55.8 Å². The first kappa shape index (κ1) is 24.4. The number of rotatable bonds is 6. The van der Waals surface area contributed by atoms with Crippen LogP contribution in [0.1, 0.15) is 85.7 Å². The molecule has 5 nitrogen and oxygen atoms in total. The molecule has 1 saturated heterocycles. The maximum atomic E-state index is 13.0. The van der Waals surface area contributed by atoms with Crippen molar-refractivity contribution in [2.75, 3.05) is 0 Å². The highest BCUT2D eigenvalue weighted by atomic mass is 19.3. The summed E-state index contributed by atoms with van der Waals surface area (Å²) in [4.78, 5) is 27.2. The van der Waals surface area contributed by atoms with E-state index in [1.54, 1.807) is 4.90 Å². The first-order chi connectivity index (χ1) is 16.9. The van der Waals surface area contributed by atoms with Gasteiger partial charge in [0, 0.05) is 35.8 Å². The van der Waals surface area contributed by atoms with Crippen molar-refractivity contribution in [3.63, 3.8) is 0 Å². The summed E-state index contributed by atoms with van der Waals surface area (Å²) in [7, 11) is 0. The van der Waals surface area contributed by atoms with E-state index in [-0.39, 0.29) is 11.8 Å². The van der Waals surface area contributed by atoms with E-state index >= 15 is 0 Å². The molecule has 0 radical (unpaired) electrons. The highest BCUT2D eigenvalue weighted by Gasteiger charge is 2.38. The van der Waals surface area contributed by atoms with Crippen LogP contribution in [0.2, 0.25) is 0 Å². The largest absolute Gasteiger partial charge is 0.329 e. The van der Waals surface area contributed by atoms with Crippen molar-refractivity contribution in [1.29, 1.82) is 0 Å². The Bertz CT molecular complexity index is 973. The third-order valence-electron chi connectivity index (χ3n) is 8.68. The molecule has 5 rings (SSSR count). The Kier molecular flexibility index (Phi) is 7.24. The van der Waals surface area contributed by atoms with Gasteiger partial charge in [0.1, 0.15) is 6.04 Å². The minimum atomic E-state index is -2.19. The number of carbonyl (C=O) groups is 2. The Morgan fingerprint density at radius 2 is 1.83 bits per heavy atom. The molecule has 1 unspecified atom stereocenters. The molecular formula is C28H37F2N3O2. The molecule has 0 bridgehead atoms. The maximum Gasteiger partial charge on any atom is 0.255 e. The Morgan fingerprint density at radius 1 is 1.06 bits per heavy atom. The quantitative estimate of drug-likeness (QED) is 0.599. The lowest BCUT2D eigenvalue weighted by molar-refractivity contribution is -0.126. The summed E-state index contributed by atoms with van der Waals surface area (Å²) in [5.41, 5.74) is 3.67. The minimum Gasteiger partial charge on any atom is -0.329 e. The fourth-order valence-electron chi connectivity index (χ4n) is 6.65. The SMILES string of the molecule is C=C1CCC(N2Cc3cc(C[C@H]4CCCC[C@@H]4NC4CCC(C(F)F)CC4)ccc3C2=O)C(=O)N1. The van der Waals surface area contributed by atoms with Crippen molar-refractivity contribution in [2.24, 2.45) is 11.8 Å². The van der Waals surface area contributed by atoms with Gasteiger partial charge in [0.15, 0.2) is 0 Å². The summed E-state index contributed by atoms with van der Waals surface area (Å²) >= 11 is 0. The molecule has 3 fully saturated rings. The zero-order valence-corrected chi connectivity index (χ0v) is 20.4. The summed E-state index contributed by atoms with van der Waals surface area (Å²) in [6, 6.07) is 6.50. The molecule has 4 aliphatic rings. The number of allylic oxidation sites excluding steroid dienone is 1. The molecule has 1 aromatic rings. The molecule has 35 heavy (non-hydrogen) atoms. The Hall–Kier alpha value is -2.28. The molecule has 2 heterocycles. The summed E-state index contributed by atoms with van der Waals surface area (Å²) in [5.74, 6) is -0.113. The van der Waals surface area contributed by atoms with Gasteiger partial charge in [-0.2, -0.15) is 0 Å². The van der Waals surface area contributed by atoms with E-state index in [9.17, 15) is 18.4 Å². The summed E-state index contributed by atoms with van der Waals surface area (Å²) in [6.07, 6.45) is 7.75. The predicted octanol–water partition coefficient (Wildman–Crippen LogP) is 4.95. The zero-order chi connectivity index (χ0) is 24.5. The molecule has 2 saturated carbocycles. The van der Waals surface area contributed by atoms with Crippen LogP contribution in [0, 0.1) is 11.8 Å². The van der Waals surface area contributed by atoms with Crippen LogP contribution in [0.3, 0.4) is 0 Å². The second kappa shape index (κ2) is 10.4. The Morgan fingerprint density at radius 3 is 2.57 bits per heavy atom. The molecule has 7 heteroatoms. The molecule has 2 aliphatic carbocycles. The van der Waals surface area contributed by atoms with Gasteiger partial charge in [-0.3, -0.25) is 9.59 Å². The van der Waals surface area contributed by atoms with E-state index in [4.69, 9.17) is 0 Å². The number of hydrogen-bond donors (Lipinski definition) is 2. The summed E-state index contributed by atoms with van der Waals surface area (Å²) in [6.45, 7) is 4.31. The van der Waals surface area contributed by atoms with Gasteiger partial charge in [-0.25, -0.2) is 8.78 Å². The predicted molar refractivity (Wildman–Crippen MR) is 131 cm³/mol. The van der Waals surface area contributed by atoms with Crippen molar-refractivity contribution < 1.29 is 18.4 Å². The van der Waals surface area contributed by atoms with Crippen LogP contribution >= 0.6 is 0 Å². The number of nitrogens with one attached hydrogen (secondary N) is 2. The van der Waals surface area contributed by atoms with Crippen LogP contribution in [-0.4, -0.2) is 41.3 Å². The Balaban J connectivity index is 1.22. The van der Waals surface area contributed by atoms with Gasteiger partial charge in [0.25, 0.3) is 5.91 Å². The van der Waals surface area contributed by atoms with E-state index in [0.717, 1.165) is 43.4 Å². The molecule has 2 amide bonds. The highest BCUT2D eigenvalue weighted by molar-refractivity contribution is 6.01. The standard InChI is InChI=1S/C28H37F2N3O2/c1-17-6-13-25(27(34)31-17)33-16-21-15-18(7-12-23(21)28(33)35)14-20-4-2-3-5-24(20)32-22-10-8-19(9-11-22)26(29)30/h7,12,15,19-20,22,24-26,32H,1-6,8-11,13-14,16H2,(H,31,34)/t19?,20-,22?,24+,25?/m1/s1. The second-order valence-electron chi connectivity index (χ2n) is 11.0. The average molecular weight is 486 g/mol. The van der Waals surface area contributed by atoms with Crippen LogP contribution in [0.4, 0.5) is 8.78 Å². The molecule has 190 valence electrons. The number of benzene rings is 1. The summed E-state index contributed by atoms with van der Waals surface area (Å²) < 4.78 is 26.1. The monoisotopic (exact) mass is 485 g/mol. The molecule has 2 N–H and O–H groups in total. The zero-order valence-electron chi connectivity index (χ0n) is 20.4. The molecule has 3 atom stereocenters. The Labute approximate surface area is 206 Å². The molecular weight excluding hydrogens is 448 g/mol. The lowest BCUT2D eigenvalue weighted by atomic mass is 9.79. The molecule has 1 aromatic carbocycles. The minimum absolute atomic E-state index is 0.0594. The molecule has 0 spiro atoms. The van der Waals surface area contributed by atoms with Gasteiger partial charge in [-0.1, -0.05) is 31.6 Å². The third-order valence-corrected chi connectivity index (χ3v) is 8.68. The van der Waals surface area contributed by atoms with Gasteiger partial charge in [0.05, 0.1) is 0 Å². The third kappa shape index (κ3) is 5.30. The number of nitrogens with zero attached hydrogens (tertiary/aromatic N) is 1. The van der Waals surface area contributed by atoms with Crippen LogP contribution in [-0.2, 0) is 17.8 Å². The van der Waals surface area contributed by atoms with E-state index in [1.807, 2.05) is 6.07 Å². The second-order valence-corrected chi connectivity index (χ2v) is 11.0. The number of carbonyl (C=O) groups excluding carboxylic acids is 2. The highest BCUT2D eigenvalue weighted by Crippen LogP contribution is 2.34. The van der Waals surface area contributed by atoms with Gasteiger partial charge in [-0.05, 0) is 80.9 Å². The normalized spacial score (nSPS) is 31.6. The average Bonchev–Trinajstić information content (AvgIpc) is 3.16. The van der Waals surface area contributed by atoms with Crippen molar-refractivity contribution in [2.45, 2.75) is 102 Å². The number of alkyl halides is 2. The van der Waals surface area contributed by atoms with Crippen molar-refractivity contribution in [3.05, 3.63) is 47.2 Å². The first-order valence-electron chi connectivity index (χ1n) is 13.3.